The zero-order valence-corrected chi connectivity index (χ0v) is 20.7. The number of hydrogen-bond donors (Lipinski definition) is 3. The quantitative estimate of drug-likeness (QED) is 0.178. The molecule has 0 saturated carbocycles. The van der Waals surface area contributed by atoms with Gasteiger partial charge in [0, 0.05) is 18.4 Å². The minimum atomic E-state index is -0.354. The Morgan fingerprint density at radius 2 is 1.74 bits per heavy atom. The maximum Gasteiger partial charge on any atom is 0.221 e. The number of imidazole rings is 1. The highest BCUT2D eigenvalue weighted by Gasteiger charge is 2.04. The van der Waals surface area contributed by atoms with E-state index in [4.69, 9.17) is 5.73 Å². The maximum atomic E-state index is 10.3. The van der Waals surface area contributed by atoms with Crippen LogP contribution >= 0.6 is 0 Å². The second-order valence-electron chi connectivity index (χ2n) is 7.75. The van der Waals surface area contributed by atoms with E-state index in [0.29, 0.717) is 6.42 Å². The summed E-state index contributed by atoms with van der Waals surface area (Å²) in [5.74, 6) is 0.691. The predicted molar refractivity (Wildman–Crippen MR) is 147 cm³/mol. The Kier molecular flexibility index (Phi) is 14.8. The lowest BCUT2D eigenvalue weighted by molar-refractivity contribution is -0.117. The average Bonchev–Trinajstić information content (AvgIpc) is 3.36. The number of hydrogen-bond acceptors (Lipinski definition) is 4. The van der Waals surface area contributed by atoms with Gasteiger partial charge in [-0.3, -0.25) is 4.79 Å². The second-order valence-corrected chi connectivity index (χ2v) is 7.75. The van der Waals surface area contributed by atoms with Crippen LogP contribution in [0.1, 0.15) is 44.3 Å². The van der Waals surface area contributed by atoms with Gasteiger partial charge in [0.25, 0.3) is 0 Å². The lowest BCUT2D eigenvalue weighted by Crippen LogP contribution is -2.10. The van der Waals surface area contributed by atoms with Crippen LogP contribution in [-0.4, -0.2) is 29.2 Å². The molecule has 0 aliphatic rings. The van der Waals surface area contributed by atoms with Crippen molar-refractivity contribution in [1.29, 1.82) is 0 Å². The van der Waals surface area contributed by atoms with E-state index in [1.54, 1.807) is 18.2 Å². The summed E-state index contributed by atoms with van der Waals surface area (Å²) in [6, 6.07) is 14.9. The number of carbonyl (C=O) groups excluding carboxylic acids is 2. The van der Waals surface area contributed by atoms with Gasteiger partial charge in [-0.25, -0.2) is 4.98 Å². The van der Waals surface area contributed by atoms with E-state index in [0.717, 1.165) is 55.5 Å². The van der Waals surface area contributed by atoms with Gasteiger partial charge in [-0.15, -0.1) is 0 Å². The van der Waals surface area contributed by atoms with E-state index in [-0.39, 0.29) is 12.3 Å². The molecule has 0 aliphatic carbocycles. The number of aromatic nitrogens is 2. The lowest BCUT2D eigenvalue weighted by atomic mass is 10.1. The first kappa shape index (κ1) is 29.3. The fourth-order valence-electron chi connectivity index (χ4n) is 3.42. The molecule has 0 fully saturated rings. The van der Waals surface area contributed by atoms with Crippen LogP contribution in [0.5, 0.6) is 0 Å². The summed E-state index contributed by atoms with van der Waals surface area (Å²) in [6.07, 6.45) is 14.1. The number of nitrogens with one attached hydrogen (secondary N) is 1. The van der Waals surface area contributed by atoms with Crippen LogP contribution in [0.2, 0.25) is 0 Å². The molecule has 3 aromatic rings. The van der Waals surface area contributed by atoms with Crippen LogP contribution in [0.25, 0.3) is 22.0 Å². The fourth-order valence-corrected chi connectivity index (χ4v) is 3.42. The van der Waals surface area contributed by atoms with Gasteiger partial charge in [-0.1, -0.05) is 80.6 Å². The molecule has 6 heteroatoms. The molecule has 0 spiro atoms. The largest absolute Gasteiger partial charge is 0.369 e. The molecular weight excluding hydrogens is 436 g/mol. The highest BCUT2D eigenvalue weighted by molar-refractivity contribution is 5.86. The Morgan fingerprint density at radius 1 is 1.03 bits per heavy atom. The molecule has 2 aromatic carbocycles. The monoisotopic (exact) mass is 474 g/mol. The number of aldehydes is 1. The normalized spacial score (nSPS) is 10.4. The maximum absolute atomic E-state index is 10.3. The van der Waals surface area contributed by atoms with Crippen molar-refractivity contribution >= 4 is 23.0 Å². The van der Waals surface area contributed by atoms with Crippen LogP contribution < -0.4 is 11.5 Å². The zero-order valence-electron chi connectivity index (χ0n) is 20.7. The highest BCUT2D eigenvalue weighted by atomic mass is 16.1. The van der Waals surface area contributed by atoms with Gasteiger partial charge in [0.2, 0.25) is 5.91 Å². The molecule has 3 rings (SSSR count). The first-order chi connectivity index (χ1) is 17.1. The summed E-state index contributed by atoms with van der Waals surface area (Å²) < 4.78 is 0. The number of benzene rings is 2. The molecule has 0 aliphatic heterocycles. The number of aromatic amines is 1. The van der Waals surface area contributed by atoms with Gasteiger partial charge < -0.3 is 21.2 Å². The van der Waals surface area contributed by atoms with Crippen molar-refractivity contribution in [3.8, 4) is 11.3 Å². The third kappa shape index (κ3) is 11.3. The Bertz CT molecular complexity index is 1100. The number of unbranched alkanes of at least 4 members (excludes halogenated alkanes) is 4. The molecule has 1 amide bonds. The van der Waals surface area contributed by atoms with Crippen molar-refractivity contribution in [2.45, 2.75) is 44.9 Å². The Hall–Kier alpha value is -3.77. The molecule has 0 bridgehead atoms. The number of nitrogens with two attached hydrogens (primary N) is 2. The Balaban J connectivity index is 0.000000433. The van der Waals surface area contributed by atoms with Crippen LogP contribution in [0, 0.1) is 0 Å². The fraction of sp³-hybridized carbons (Fsp3) is 0.276. The van der Waals surface area contributed by atoms with Crippen molar-refractivity contribution in [1.82, 2.24) is 9.97 Å². The SMILES string of the molecule is C=C/C=C(\C=C)CC(N)=O.CN.O=CCCCCCCc1ncc(-c2ccc3ccccc3c2)[nH]1. The van der Waals surface area contributed by atoms with Crippen molar-refractivity contribution in [2.75, 3.05) is 7.05 Å². The van der Waals surface area contributed by atoms with Gasteiger partial charge in [-0.2, -0.15) is 0 Å². The van der Waals surface area contributed by atoms with Gasteiger partial charge >= 0.3 is 0 Å². The molecule has 6 nitrogen and oxygen atoms in total. The van der Waals surface area contributed by atoms with E-state index in [1.807, 2.05) is 6.20 Å². The van der Waals surface area contributed by atoms with Crippen molar-refractivity contribution < 1.29 is 9.59 Å². The summed E-state index contributed by atoms with van der Waals surface area (Å²) in [5, 5.41) is 2.50. The summed E-state index contributed by atoms with van der Waals surface area (Å²) in [4.78, 5) is 28.5. The molecular formula is C29H38N4O2. The van der Waals surface area contributed by atoms with Crippen LogP contribution in [0.3, 0.4) is 0 Å². The number of H-pyrrole nitrogens is 1. The van der Waals surface area contributed by atoms with E-state index < -0.39 is 0 Å². The molecule has 35 heavy (non-hydrogen) atoms. The molecule has 5 N–H and O–H groups in total. The van der Waals surface area contributed by atoms with Gasteiger partial charge in [0.05, 0.1) is 18.3 Å². The van der Waals surface area contributed by atoms with Crippen LogP contribution in [0.4, 0.5) is 0 Å². The average molecular weight is 475 g/mol. The molecule has 1 aromatic heterocycles. The summed E-state index contributed by atoms with van der Waals surface area (Å²) >= 11 is 0. The number of carbonyl (C=O) groups is 2. The first-order valence-electron chi connectivity index (χ1n) is 11.8. The third-order valence-electron chi connectivity index (χ3n) is 5.15. The van der Waals surface area contributed by atoms with Crippen molar-refractivity contribution in [3.05, 3.63) is 91.4 Å². The number of aryl methyl sites for hydroxylation is 1. The number of allylic oxidation sites excluding steroid dienone is 3. The van der Waals surface area contributed by atoms with E-state index in [9.17, 15) is 9.59 Å². The first-order valence-corrected chi connectivity index (χ1v) is 11.8. The van der Waals surface area contributed by atoms with Crippen LogP contribution in [0.15, 0.2) is 85.6 Å². The predicted octanol–water partition coefficient (Wildman–Crippen LogP) is 5.66. The summed E-state index contributed by atoms with van der Waals surface area (Å²) in [5.41, 5.74) is 12.5. The van der Waals surface area contributed by atoms with Gasteiger partial charge in [-0.05, 0) is 42.3 Å². The molecule has 0 atom stereocenters. The Labute approximate surface area is 208 Å². The second kappa shape index (κ2) is 17.7. The van der Waals surface area contributed by atoms with Gasteiger partial charge in [0.15, 0.2) is 0 Å². The third-order valence-corrected chi connectivity index (χ3v) is 5.15. The smallest absolute Gasteiger partial charge is 0.221 e. The molecule has 0 radical (unpaired) electrons. The zero-order chi connectivity index (χ0) is 25.9. The Morgan fingerprint density at radius 3 is 2.40 bits per heavy atom. The van der Waals surface area contributed by atoms with E-state index in [2.05, 4.69) is 71.3 Å². The number of fused-ring (bicyclic) bond motifs is 1. The molecule has 186 valence electrons. The van der Waals surface area contributed by atoms with Gasteiger partial charge in [0.1, 0.15) is 12.1 Å². The molecule has 0 saturated heterocycles. The number of rotatable bonds is 12. The topological polar surface area (TPSA) is 115 Å². The number of nitrogens with zero attached hydrogens (tertiary/aromatic N) is 1. The number of amides is 1. The van der Waals surface area contributed by atoms with E-state index in [1.165, 1.54) is 23.4 Å². The molecule has 1 heterocycles. The number of primary amides is 1. The van der Waals surface area contributed by atoms with Crippen molar-refractivity contribution in [2.24, 2.45) is 11.5 Å². The lowest BCUT2D eigenvalue weighted by Gasteiger charge is -2.02. The minimum absolute atomic E-state index is 0.232. The highest BCUT2D eigenvalue weighted by Crippen LogP contribution is 2.23. The van der Waals surface area contributed by atoms with Crippen LogP contribution in [-0.2, 0) is 16.0 Å². The minimum Gasteiger partial charge on any atom is -0.369 e. The summed E-state index contributed by atoms with van der Waals surface area (Å²) in [7, 11) is 1.50. The summed E-state index contributed by atoms with van der Waals surface area (Å²) in [6.45, 7) is 6.99. The molecule has 0 unspecified atom stereocenters. The van der Waals surface area contributed by atoms with E-state index >= 15 is 0 Å². The standard InChI is InChI=1S/C20H22N2O.C8H11NO.CH5N/c23-13-7-3-1-2-4-10-20-21-15-19(22-20)18-12-11-16-8-5-6-9-17(16)14-18;1-3-5-7(4-2)6-8(9)10;1-2/h5-6,8-9,11-15H,1-4,7,10H2,(H,21,22);3-5H,1-2,6H2,(H2,9,10);2H2,1H3/b;7-5+;. The van der Waals surface area contributed by atoms with Crippen molar-refractivity contribution in [3.63, 3.8) is 0 Å².